The number of halogens is 1. The summed E-state index contributed by atoms with van der Waals surface area (Å²) in [5.41, 5.74) is 7.15. The Morgan fingerprint density at radius 3 is 2.59 bits per heavy atom. The Morgan fingerprint density at radius 1 is 1.35 bits per heavy atom. The third-order valence-electron chi connectivity index (χ3n) is 3.15. The van der Waals surface area contributed by atoms with E-state index in [0.717, 1.165) is 18.5 Å². The van der Waals surface area contributed by atoms with Crippen LogP contribution in [0.1, 0.15) is 26.7 Å². The third-order valence-corrected chi connectivity index (χ3v) is 3.48. The van der Waals surface area contributed by atoms with E-state index in [1.165, 1.54) is 0 Å². The number of para-hydroxylation sites is 1. The fourth-order valence-corrected chi connectivity index (χ4v) is 2.08. The number of hydrogen-bond donors (Lipinski definition) is 3. The van der Waals surface area contributed by atoms with E-state index in [1.807, 2.05) is 12.1 Å². The molecule has 4 heteroatoms. The Morgan fingerprint density at radius 2 is 2.00 bits per heavy atom. The predicted octanol–water partition coefficient (Wildman–Crippen LogP) is 3.13. The lowest BCUT2D eigenvalue weighted by Gasteiger charge is -2.21. The Hall–Kier alpha value is -0.930. The van der Waals surface area contributed by atoms with Crippen LogP contribution in [0.5, 0.6) is 0 Å². The van der Waals surface area contributed by atoms with E-state index in [1.54, 1.807) is 6.07 Å². The zero-order valence-corrected chi connectivity index (χ0v) is 11.2. The minimum atomic E-state index is -0.358. The molecule has 0 radical (unpaired) electrons. The van der Waals surface area contributed by atoms with Crippen molar-refractivity contribution in [2.45, 2.75) is 32.8 Å². The van der Waals surface area contributed by atoms with E-state index in [-0.39, 0.29) is 6.10 Å². The number of nitrogen functional groups attached to an aromatic ring is 1. The fraction of sp³-hybridized carbons (Fsp3) is 0.538. The van der Waals surface area contributed by atoms with Crippen LogP contribution in [-0.4, -0.2) is 17.8 Å². The molecule has 1 rings (SSSR count). The molecule has 1 aromatic carbocycles. The summed E-state index contributed by atoms with van der Waals surface area (Å²) >= 11 is 5.92. The van der Waals surface area contributed by atoms with Crippen LogP contribution in [0, 0.1) is 5.92 Å². The molecule has 0 saturated carbocycles. The summed E-state index contributed by atoms with van der Waals surface area (Å²) in [7, 11) is 0. The molecule has 17 heavy (non-hydrogen) atoms. The zero-order chi connectivity index (χ0) is 12.8. The molecule has 96 valence electrons. The Labute approximate surface area is 108 Å². The largest absolute Gasteiger partial charge is 0.396 e. The van der Waals surface area contributed by atoms with E-state index < -0.39 is 0 Å². The molecule has 0 aliphatic carbocycles. The molecule has 0 amide bonds. The van der Waals surface area contributed by atoms with Crippen LogP contribution in [0.25, 0.3) is 0 Å². The molecule has 1 unspecified atom stereocenters. The van der Waals surface area contributed by atoms with Gasteiger partial charge in [0.1, 0.15) is 0 Å². The highest BCUT2D eigenvalue weighted by Gasteiger charge is 2.15. The van der Waals surface area contributed by atoms with Gasteiger partial charge >= 0.3 is 0 Å². The lowest BCUT2D eigenvalue weighted by atomic mass is 9.96. The van der Waals surface area contributed by atoms with E-state index in [0.29, 0.717) is 23.2 Å². The second-order valence-corrected chi connectivity index (χ2v) is 4.63. The first kappa shape index (κ1) is 14.1. The van der Waals surface area contributed by atoms with Gasteiger partial charge < -0.3 is 16.2 Å². The summed E-state index contributed by atoms with van der Waals surface area (Å²) in [5.74, 6) is 0.322. The lowest BCUT2D eigenvalue weighted by Crippen LogP contribution is -2.27. The molecular formula is C13H21ClN2O. The molecule has 0 aliphatic rings. The van der Waals surface area contributed by atoms with E-state index in [2.05, 4.69) is 19.2 Å². The van der Waals surface area contributed by atoms with Gasteiger partial charge in [0, 0.05) is 6.54 Å². The summed E-state index contributed by atoms with van der Waals surface area (Å²) in [6, 6.07) is 5.45. The minimum absolute atomic E-state index is 0.322. The van der Waals surface area contributed by atoms with Gasteiger partial charge in [-0.05, 0) is 18.1 Å². The van der Waals surface area contributed by atoms with Crippen LogP contribution in [0.4, 0.5) is 11.4 Å². The zero-order valence-electron chi connectivity index (χ0n) is 10.4. The van der Waals surface area contributed by atoms with E-state index >= 15 is 0 Å². The number of benzene rings is 1. The maximum Gasteiger partial charge on any atom is 0.0740 e. The van der Waals surface area contributed by atoms with Crippen molar-refractivity contribution < 1.29 is 5.11 Å². The topological polar surface area (TPSA) is 58.3 Å². The number of rotatable bonds is 6. The van der Waals surface area contributed by atoms with Crippen LogP contribution >= 0.6 is 11.6 Å². The van der Waals surface area contributed by atoms with Gasteiger partial charge in [-0.15, -0.1) is 0 Å². The van der Waals surface area contributed by atoms with Gasteiger partial charge in [-0.25, -0.2) is 0 Å². The Kier molecular flexibility index (Phi) is 5.59. The van der Waals surface area contributed by atoms with Crippen molar-refractivity contribution in [3.8, 4) is 0 Å². The number of hydrogen-bond acceptors (Lipinski definition) is 3. The van der Waals surface area contributed by atoms with Crippen molar-refractivity contribution >= 4 is 23.0 Å². The lowest BCUT2D eigenvalue weighted by molar-refractivity contribution is 0.114. The predicted molar refractivity (Wildman–Crippen MR) is 74.4 cm³/mol. The Bertz CT molecular complexity index is 353. The molecule has 3 nitrogen and oxygen atoms in total. The van der Waals surface area contributed by atoms with Crippen molar-refractivity contribution in [1.29, 1.82) is 0 Å². The molecule has 0 heterocycles. The van der Waals surface area contributed by atoms with Crippen LogP contribution in [0.3, 0.4) is 0 Å². The molecule has 0 fully saturated rings. The average molecular weight is 257 g/mol. The molecular weight excluding hydrogens is 236 g/mol. The maximum atomic E-state index is 9.99. The highest BCUT2D eigenvalue weighted by atomic mass is 35.5. The standard InChI is InChI=1S/C13H21ClN2O/c1-3-9(4-2)12(17)8-16-11-7-5-6-10(14)13(11)15/h5-7,9,12,16-17H,3-4,8,15H2,1-2H3. The Balaban J connectivity index is 2.58. The quantitative estimate of drug-likeness (QED) is 0.686. The summed E-state index contributed by atoms with van der Waals surface area (Å²) in [6.45, 7) is 4.67. The first-order chi connectivity index (χ1) is 8.10. The van der Waals surface area contributed by atoms with Crippen molar-refractivity contribution in [3.05, 3.63) is 23.2 Å². The normalized spacial score (nSPS) is 12.8. The van der Waals surface area contributed by atoms with Gasteiger partial charge in [-0.3, -0.25) is 0 Å². The highest BCUT2D eigenvalue weighted by Crippen LogP contribution is 2.27. The van der Waals surface area contributed by atoms with Crippen LogP contribution in [-0.2, 0) is 0 Å². The third kappa shape index (κ3) is 3.79. The van der Waals surface area contributed by atoms with Gasteiger partial charge in [-0.2, -0.15) is 0 Å². The summed E-state index contributed by atoms with van der Waals surface area (Å²) in [6.07, 6.45) is 1.60. The first-order valence-electron chi connectivity index (χ1n) is 6.06. The fourth-order valence-electron chi connectivity index (χ4n) is 1.91. The van der Waals surface area contributed by atoms with Crippen LogP contribution in [0.2, 0.25) is 5.02 Å². The molecule has 0 saturated heterocycles. The van der Waals surface area contributed by atoms with Crippen molar-refractivity contribution in [1.82, 2.24) is 0 Å². The van der Waals surface area contributed by atoms with Gasteiger partial charge in [0.05, 0.1) is 22.5 Å². The van der Waals surface area contributed by atoms with E-state index in [4.69, 9.17) is 17.3 Å². The molecule has 1 atom stereocenters. The summed E-state index contributed by atoms with van der Waals surface area (Å²) < 4.78 is 0. The second kappa shape index (κ2) is 6.72. The van der Waals surface area contributed by atoms with Crippen molar-refractivity contribution in [2.24, 2.45) is 5.92 Å². The molecule has 0 bridgehead atoms. The van der Waals surface area contributed by atoms with Gasteiger partial charge in [0.25, 0.3) is 0 Å². The SMILES string of the molecule is CCC(CC)C(O)CNc1cccc(Cl)c1N. The van der Waals surface area contributed by atoms with Gasteiger partial charge in [0.15, 0.2) is 0 Å². The average Bonchev–Trinajstić information content (AvgIpc) is 2.32. The highest BCUT2D eigenvalue weighted by molar-refractivity contribution is 6.33. The number of anilines is 2. The number of nitrogens with one attached hydrogen (secondary N) is 1. The van der Waals surface area contributed by atoms with Gasteiger partial charge in [0.2, 0.25) is 0 Å². The molecule has 0 aromatic heterocycles. The summed E-state index contributed by atoms with van der Waals surface area (Å²) in [5, 5.41) is 13.7. The molecule has 0 aliphatic heterocycles. The maximum absolute atomic E-state index is 9.99. The first-order valence-corrected chi connectivity index (χ1v) is 6.43. The molecule has 1 aromatic rings. The van der Waals surface area contributed by atoms with Crippen molar-refractivity contribution in [3.63, 3.8) is 0 Å². The monoisotopic (exact) mass is 256 g/mol. The number of aliphatic hydroxyl groups is 1. The molecule has 4 N–H and O–H groups in total. The number of nitrogens with two attached hydrogens (primary N) is 1. The van der Waals surface area contributed by atoms with Gasteiger partial charge in [-0.1, -0.05) is 44.4 Å². The summed E-state index contributed by atoms with van der Waals surface area (Å²) in [4.78, 5) is 0. The van der Waals surface area contributed by atoms with Crippen molar-refractivity contribution in [2.75, 3.05) is 17.6 Å². The van der Waals surface area contributed by atoms with Crippen LogP contribution < -0.4 is 11.1 Å². The number of aliphatic hydroxyl groups excluding tert-OH is 1. The smallest absolute Gasteiger partial charge is 0.0740 e. The second-order valence-electron chi connectivity index (χ2n) is 4.23. The molecule has 0 spiro atoms. The van der Waals surface area contributed by atoms with Crippen LogP contribution in [0.15, 0.2) is 18.2 Å². The minimum Gasteiger partial charge on any atom is -0.396 e. The van der Waals surface area contributed by atoms with E-state index in [9.17, 15) is 5.11 Å².